The largest absolute Gasteiger partial charge is 0.481 e. The maximum Gasteiger partial charge on any atom is 0.309 e. The highest BCUT2D eigenvalue weighted by Gasteiger charge is 2.52. The fourth-order valence-corrected chi connectivity index (χ4v) is 5.65. The molecule has 0 saturated heterocycles. The first-order valence-corrected chi connectivity index (χ1v) is 7.81. The fourth-order valence-electron chi connectivity index (χ4n) is 5.65. The standard InChI is InChI=1S/C17H21NO2/c19-16(20)7-15-14(2-1-3-18-15)17-8-11-4-12(9-17)6-13(5-11)10-17/h1-3,11-13H,4-10H2,(H,19,20). The Bertz CT molecular complexity index is 516. The number of hydrogen-bond acceptors (Lipinski definition) is 2. The maximum absolute atomic E-state index is 11.1. The zero-order valence-corrected chi connectivity index (χ0v) is 11.7. The van der Waals surface area contributed by atoms with Crippen LogP contribution < -0.4 is 0 Å². The lowest BCUT2D eigenvalue weighted by Gasteiger charge is -2.57. The summed E-state index contributed by atoms with van der Waals surface area (Å²) in [4.78, 5) is 15.5. The number of carboxylic acids is 1. The van der Waals surface area contributed by atoms with Crippen molar-refractivity contribution in [3.8, 4) is 0 Å². The van der Waals surface area contributed by atoms with Crippen molar-refractivity contribution in [3.05, 3.63) is 29.6 Å². The van der Waals surface area contributed by atoms with E-state index in [-0.39, 0.29) is 11.8 Å². The van der Waals surface area contributed by atoms with Crippen molar-refractivity contribution >= 4 is 5.97 Å². The van der Waals surface area contributed by atoms with Gasteiger partial charge in [-0.1, -0.05) is 6.07 Å². The van der Waals surface area contributed by atoms with Crippen LogP contribution in [0.4, 0.5) is 0 Å². The van der Waals surface area contributed by atoms with Crippen LogP contribution in [0, 0.1) is 17.8 Å². The number of rotatable bonds is 3. The van der Waals surface area contributed by atoms with Gasteiger partial charge in [0.1, 0.15) is 0 Å². The molecule has 3 heteroatoms. The van der Waals surface area contributed by atoms with Gasteiger partial charge in [0, 0.05) is 6.20 Å². The van der Waals surface area contributed by atoms with Crippen molar-refractivity contribution in [2.75, 3.05) is 0 Å². The molecule has 0 aromatic carbocycles. The van der Waals surface area contributed by atoms with Crippen LogP contribution in [0.25, 0.3) is 0 Å². The summed E-state index contributed by atoms with van der Waals surface area (Å²) < 4.78 is 0. The minimum absolute atomic E-state index is 0.0674. The molecular formula is C17H21NO2. The molecule has 3 nitrogen and oxygen atoms in total. The third kappa shape index (κ3) is 1.87. The summed E-state index contributed by atoms with van der Waals surface area (Å²) >= 11 is 0. The first-order valence-electron chi connectivity index (χ1n) is 7.81. The lowest BCUT2D eigenvalue weighted by Crippen LogP contribution is -2.49. The molecule has 0 aliphatic heterocycles. The van der Waals surface area contributed by atoms with Gasteiger partial charge < -0.3 is 5.11 Å². The number of carboxylic acid groups (broad SMARTS) is 1. The molecule has 1 N–H and O–H groups in total. The number of aliphatic carboxylic acids is 1. The Labute approximate surface area is 119 Å². The molecule has 0 spiro atoms. The minimum atomic E-state index is -0.769. The van der Waals surface area contributed by atoms with E-state index in [1.54, 1.807) is 6.20 Å². The first-order chi connectivity index (χ1) is 9.64. The van der Waals surface area contributed by atoms with Crippen LogP contribution in [0.3, 0.4) is 0 Å². The van der Waals surface area contributed by atoms with Gasteiger partial charge in [-0.2, -0.15) is 0 Å². The van der Waals surface area contributed by atoms with E-state index in [9.17, 15) is 4.79 Å². The summed E-state index contributed by atoms with van der Waals surface area (Å²) in [7, 11) is 0. The zero-order valence-electron chi connectivity index (χ0n) is 11.7. The summed E-state index contributed by atoms with van der Waals surface area (Å²) in [5, 5.41) is 9.13. The second-order valence-electron chi connectivity index (χ2n) is 7.27. The lowest BCUT2D eigenvalue weighted by molar-refractivity contribution is -0.136. The van der Waals surface area contributed by atoms with E-state index in [2.05, 4.69) is 11.1 Å². The van der Waals surface area contributed by atoms with E-state index in [1.807, 2.05) is 6.07 Å². The Balaban J connectivity index is 1.75. The van der Waals surface area contributed by atoms with Crippen LogP contribution in [0.2, 0.25) is 0 Å². The summed E-state index contributed by atoms with van der Waals surface area (Å²) in [5.41, 5.74) is 2.30. The molecular weight excluding hydrogens is 250 g/mol. The molecule has 0 atom stereocenters. The predicted molar refractivity (Wildman–Crippen MR) is 75.4 cm³/mol. The number of carbonyl (C=O) groups is 1. The average molecular weight is 271 g/mol. The van der Waals surface area contributed by atoms with Gasteiger partial charge in [0.25, 0.3) is 0 Å². The second kappa shape index (κ2) is 4.31. The molecule has 20 heavy (non-hydrogen) atoms. The van der Waals surface area contributed by atoms with E-state index >= 15 is 0 Å². The normalized spacial score (nSPS) is 38.1. The summed E-state index contributed by atoms with van der Waals surface area (Å²) in [5.74, 6) is 1.85. The molecule has 0 amide bonds. The number of pyridine rings is 1. The van der Waals surface area contributed by atoms with Crippen LogP contribution in [-0.2, 0) is 16.6 Å². The highest BCUT2D eigenvalue weighted by atomic mass is 16.4. The molecule has 106 valence electrons. The molecule has 4 aliphatic rings. The topological polar surface area (TPSA) is 50.2 Å². The number of aromatic nitrogens is 1. The van der Waals surface area contributed by atoms with Gasteiger partial charge in [0.15, 0.2) is 0 Å². The highest BCUT2D eigenvalue weighted by molar-refractivity contribution is 5.70. The molecule has 5 rings (SSSR count). The lowest BCUT2D eigenvalue weighted by atomic mass is 9.48. The van der Waals surface area contributed by atoms with Crippen molar-refractivity contribution in [1.82, 2.24) is 4.98 Å². The van der Waals surface area contributed by atoms with Crippen LogP contribution in [0.15, 0.2) is 18.3 Å². The molecule has 4 bridgehead atoms. The molecule has 1 aromatic heterocycles. The molecule has 0 radical (unpaired) electrons. The summed E-state index contributed by atoms with van der Waals surface area (Å²) in [6.07, 6.45) is 9.82. The molecule has 4 aliphatic carbocycles. The number of hydrogen-bond donors (Lipinski definition) is 1. The van der Waals surface area contributed by atoms with Crippen molar-refractivity contribution in [2.45, 2.75) is 50.4 Å². The van der Waals surface area contributed by atoms with E-state index in [1.165, 1.54) is 44.1 Å². The quantitative estimate of drug-likeness (QED) is 0.918. The Morgan fingerprint density at radius 3 is 2.35 bits per heavy atom. The van der Waals surface area contributed by atoms with Gasteiger partial charge >= 0.3 is 5.97 Å². The Morgan fingerprint density at radius 1 is 1.20 bits per heavy atom. The van der Waals surface area contributed by atoms with E-state index in [0.717, 1.165) is 23.4 Å². The van der Waals surface area contributed by atoms with E-state index in [4.69, 9.17) is 5.11 Å². The first kappa shape index (κ1) is 12.4. The second-order valence-corrected chi connectivity index (χ2v) is 7.27. The maximum atomic E-state index is 11.1. The molecule has 4 saturated carbocycles. The SMILES string of the molecule is O=C(O)Cc1ncccc1C12CC3CC(CC(C3)C1)C2. The highest BCUT2D eigenvalue weighted by Crippen LogP contribution is 2.61. The molecule has 4 fully saturated rings. The predicted octanol–water partition coefficient (Wildman–Crippen LogP) is 3.18. The monoisotopic (exact) mass is 271 g/mol. The molecule has 0 unspecified atom stereocenters. The fraction of sp³-hybridized carbons (Fsp3) is 0.647. The van der Waals surface area contributed by atoms with Gasteiger partial charge in [0.2, 0.25) is 0 Å². The minimum Gasteiger partial charge on any atom is -0.481 e. The van der Waals surface area contributed by atoms with Crippen LogP contribution in [0.5, 0.6) is 0 Å². The van der Waals surface area contributed by atoms with E-state index in [0.29, 0.717) is 0 Å². The van der Waals surface area contributed by atoms with E-state index < -0.39 is 5.97 Å². The summed E-state index contributed by atoms with van der Waals surface area (Å²) in [6, 6.07) is 4.14. The van der Waals surface area contributed by atoms with Gasteiger partial charge in [0.05, 0.1) is 12.1 Å². The van der Waals surface area contributed by atoms with Crippen molar-refractivity contribution in [2.24, 2.45) is 17.8 Å². The smallest absolute Gasteiger partial charge is 0.309 e. The zero-order chi connectivity index (χ0) is 13.7. The Hall–Kier alpha value is -1.38. The van der Waals surface area contributed by atoms with Gasteiger partial charge in [-0.25, -0.2) is 0 Å². The average Bonchev–Trinajstić information content (AvgIpc) is 2.36. The summed E-state index contributed by atoms with van der Waals surface area (Å²) in [6.45, 7) is 0. The van der Waals surface area contributed by atoms with Gasteiger partial charge in [-0.05, 0) is 73.3 Å². The van der Waals surface area contributed by atoms with Crippen LogP contribution in [-0.4, -0.2) is 16.1 Å². The van der Waals surface area contributed by atoms with Crippen molar-refractivity contribution in [3.63, 3.8) is 0 Å². The van der Waals surface area contributed by atoms with Crippen molar-refractivity contribution in [1.29, 1.82) is 0 Å². The number of nitrogens with zero attached hydrogens (tertiary/aromatic N) is 1. The van der Waals surface area contributed by atoms with Gasteiger partial charge in [-0.15, -0.1) is 0 Å². The van der Waals surface area contributed by atoms with Crippen LogP contribution >= 0.6 is 0 Å². The van der Waals surface area contributed by atoms with Crippen LogP contribution in [0.1, 0.15) is 49.8 Å². The third-order valence-electron chi connectivity index (χ3n) is 5.82. The Kier molecular flexibility index (Phi) is 2.66. The Morgan fingerprint density at radius 2 is 1.80 bits per heavy atom. The molecule has 1 aromatic rings. The van der Waals surface area contributed by atoms with Gasteiger partial charge in [-0.3, -0.25) is 9.78 Å². The molecule has 1 heterocycles. The van der Waals surface area contributed by atoms with Crippen molar-refractivity contribution < 1.29 is 9.90 Å². The third-order valence-corrected chi connectivity index (χ3v) is 5.82.